The second-order valence-electron chi connectivity index (χ2n) is 6.81. The third kappa shape index (κ3) is 3.33. The maximum absolute atomic E-state index is 11.3. The molecule has 1 saturated heterocycles. The van der Waals surface area contributed by atoms with Crippen LogP contribution < -0.4 is 16.0 Å². The third-order valence-corrected chi connectivity index (χ3v) is 4.91. The number of primary amides is 1. The summed E-state index contributed by atoms with van der Waals surface area (Å²) in [6, 6.07) is 5.52. The molecule has 0 radical (unpaired) electrons. The molecule has 0 spiro atoms. The molecule has 3 N–H and O–H groups in total. The number of ether oxygens (including phenoxy) is 1. The molecule has 4 aromatic heterocycles. The Balaban J connectivity index is 1.41. The number of imidazole rings is 1. The number of morpholine rings is 1. The molecule has 1 amide bonds. The van der Waals surface area contributed by atoms with Crippen molar-refractivity contribution >= 4 is 28.9 Å². The Morgan fingerprint density at radius 1 is 1.13 bits per heavy atom. The highest BCUT2D eigenvalue weighted by Crippen LogP contribution is 2.27. The van der Waals surface area contributed by atoms with Gasteiger partial charge < -0.3 is 25.1 Å². The van der Waals surface area contributed by atoms with E-state index in [0.29, 0.717) is 30.2 Å². The van der Waals surface area contributed by atoms with E-state index in [1.165, 1.54) is 6.26 Å². The highest BCUT2D eigenvalue weighted by Gasteiger charge is 2.15. The highest BCUT2D eigenvalue weighted by atomic mass is 16.5. The fourth-order valence-corrected chi connectivity index (χ4v) is 3.40. The standard InChI is InChI=1S/C20H19N7O3/c21-18(28)16-9-13(12-30-16)15-11-24-19(20-22-3-4-27(15)20)25-14-1-2-17(23-10-14)26-5-7-29-8-6-26/h1-4,9-12H,5-8H2,(H2,21,28)(H,24,25). The summed E-state index contributed by atoms with van der Waals surface area (Å²) in [7, 11) is 0. The molecule has 5 rings (SSSR count). The maximum Gasteiger partial charge on any atom is 0.284 e. The SMILES string of the molecule is NC(=O)c1cc(-c2cnc(Nc3ccc(N4CCOCC4)nc3)c3nccn23)co1. The Bertz CT molecular complexity index is 1190. The van der Waals surface area contributed by atoms with Crippen LogP contribution in [-0.4, -0.2) is 51.6 Å². The van der Waals surface area contributed by atoms with Crippen LogP contribution in [0.5, 0.6) is 0 Å². The number of rotatable bonds is 5. The minimum absolute atomic E-state index is 0.0897. The lowest BCUT2D eigenvalue weighted by Crippen LogP contribution is -2.36. The Kier molecular flexibility index (Phi) is 4.52. The van der Waals surface area contributed by atoms with Crippen molar-refractivity contribution in [3.63, 3.8) is 0 Å². The summed E-state index contributed by atoms with van der Waals surface area (Å²) in [4.78, 5) is 27.0. The number of hydrogen-bond donors (Lipinski definition) is 2. The predicted octanol–water partition coefficient (Wildman–Crippen LogP) is 2.06. The van der Waals surface area contributed by atoms with Gasteiger partial charge in [-0.3, -0.25) is 9.20 Å². The molecular formula is C20H19N7O3. The summed E-state index contributed by atoms with van der Waals surface area (Å²) >= 11 is 0. The normalized spacial score (nSPS) is 14.2. The number of carbonyl (C=O) groups excluding carboxylic acids is 1. The van der Waals surface area contributed by atoms with Crippen LogP contribution in [0.4, 0.5) is 17.3 Å². The molecule has 10 nitrogen and oxygen atoms in total. The number of carbonyl (C=O) groups is 1. The second kappa shape index (κ2) is 7.48. The molecule has 0 atom stereocenters. The monoisotopic (exact) mass is 405 g/mol. The van der Waals surface area contributed by atoms with Crippen molar-refractivity contribution in [2.45, 2.75) is 0 Å². The molecule has 30 heavy (non-hydrogen) atoms. The average Bonchev–Trinajstić information content (AvgIpc) is 3.46. The van der Waals surface area contributed by atoms with Crippen LogP contribution in [0.3, 0.4) is 0 Å². The van der Waals surface area contributed by atoms with Gasteiger partial charge in [-0.25, -0.2) is 15.0 Å². The van der Waals surface area contributed by atoms with Crippen molar-refractivity contribution in [1.82, 2.24) is 19.4 Å². The predicted molar refractivity (Wildman–Crippen MR) is 110 cm³/mol. The van der Waals surface area contributed by atoms with E-state index in [1.807, 2.05) is 22.7 Å². The van der Waals surface area contributed by atoms with Gasteiger partial charge in [0.1, 0.15) is 12.1 Å². The van der Waals surface area contributed by atoms with Gasteiger partial charge in [0.05, 0.1) is 37.0 Å². The highest BCUT2D eigenvalue weighted by molar-refractivity contribution is 5.91. The van der Waals surface area contributed by atoms with Crippen LogP contribution >= 0.6 is 0 Å². The molecule has 0 unspecified atom stereocenters. The summed E-state index contributed by atoms with van der Waals surface area (Å²) in [6.07, 6.45) is 8.42. The molecule has 0 saturated carbocycles. The zero-order chi connectivity index (χ0) is 20.5. The molecule has 1 fully saturated rings. The van der Waals surface area contributed by atoms with Crippen LogP contribution in [-0.2, 0) is 4.74 Å². The molecule has 0 bridgehead atoms. The van der Waals surface area contributed by atoms with Gasteiger partial charge in [0, 0.05) is 31.0 Å². The first-order chi connectivity index (χ1) is 14.7. The van der Waals surface area contributed by atoms with Crippen molar-refractivity contribution in [2.24, 2.45) is 5.73 Å². The number of aromatic nitrogens is 4. The van der Waals surface area contributed by atoms with Crippen LogP contribution in [0.25, 0.3) is 16.9 Å². The molecule has 1 aliphatic rings. The van der Waals surface area contributed by atoms with E-state index in [2.05, 4.69) is 25.2 Å². The Hall–Kier alpha value is -3.92. The zero-order valence-corrected chi connectivity index (χ0v) is 16.0. The van der Waals surface area contributed by atoms with E-state index >= 15 is 0 Å². The van der Waals surface area contributed by atoms with Gasteiger partial charge in [0.25, 0.3) is 5.91 Å². The Morgan fingerprint density at radius 2 is 2.00 bits per heavy atom. The molecule has 152 valence electrons. The largest absolute Gasteiger partial charge is 0.458 e. The molecule has 0 aromatic carbocycles. The minimum Gasteiger partial charge on any atom is -0.458 e. The van der Waals surface area contributed by atoms with E-state index in [1.54, 1.807) is 24.7 Å². The Labute approximate surface area is 171 Å². The van der Waals surface area contributed by atoms with E-state index in [9.17, 15) is 4.79 Å². The number of anilines is 3. The summed E-state index contributed by atoms with van der Waals surface area (Å²) < 4.78 is 12.5. The lowest BCUT2D eigenvalue weighted by molar-refractivity contribution is 0.0974. The van der Waals surface area contributed by atoms with Crippen molar-refractivity contribution in [2.75, 3.05) is 36.5 Å². The molecule has 4 aromatic rings. The van der Waals surface area contributed by atoms with Crippen molar-refractivity contribution in [3.8, 4) is 11.3 Å². The number of pyridine rings is 1. The van der Waals surface area contributed by atoms with Crippen LogP contribution in [0.2, 0.25) is 0 Å². The van der Waals surface area contributed by atoms with Gasteiger partial charge in [-0.2, -0.15) is 0 Å². The first-order valence-corrected chi connectivity index (χ1v) is 9.45. The smallest absolute Gasteiger partial charge is 0.284 e. The molecule has 0 aliphatic carbocycles. The summed E-state index contributed by atoms with van der Waals surface area (Å²) in [5.74, 6) is 0.973. The van der Waals surface area contributed by atoms with Gasteiger partial charge in [0.15, 0.2) is 17.2 Å². The molecule has 10 heteroatoms. The number of furan rings is 1. The summed E-state index contributed by atoms with van der Waals surface area (Å²) in [6.45, 7) is 3.10. The van der Waals surface area contributed by atoms with Gasteiger partial charge in [-0.05, 0) is 18.2 Å². The van der Waals surface area contributed by atoms with Crippen LogP contribution in [0.15, 0.2) is 53.7 Å². The summed E-state index contributed by atoms with van der Waals surface area (Å²) in [5.41, 5.74) is 8.12. The quantitative estimate of drug-likeness (QED) is 0.517. The van der Waals surface area contributed by atoms with Gasteiger partial charge in [-0.1, -0.05) is 0 Å². The van der Waals surface area contributed by atoms with Crippen LogP contribution in [0.1, 0.15) is 10.6 Å². The van der Waals surface area contributed by atoms with Gasteiger partial charge in [-0.15, -0.1) is 0 Å². The first kappa shape index (κ1) is 18.1. The maximum atomic E-state index is 11.3. The number of fused-ring (bicyclic) bond motifs is 1. The van der Waals surface area contributed by atoms with Crippen molar-refractivity contribution in [1.29, 1.82) is 0 Å². The van der Waals surface area contributed by atoms with Crippen molar-refractivity contribution in [3.05, 3.63) is 55.0 Å². The van der Waals surface area contributed by atoms with E-state index in [4.69, 9.17) is 14.9 Å². The second-order valence-corrected chi connectivity index (χ2v) is 6.81. The Morgan fingerprint density at radius 3 is 2.73 bits per heavy atom. The molecule has 1 aliphatic heterocycles. The number of hydrogen-bond acceptors (Lipinski definition) is 8. The number of amides is 1. The lowest BCUT2D eigenvalue weighted by Gasteiger charge is -2.27. The average molecular weight is 405 g/mol. The van der Waals surface area contributed by atoms with E-state index in [0.717, 1.165) is 30.3 Å². The molecule has 5 heterocycles. The fraction of sp³-hybridized carbons (Fsp3) is 0.200. The zero-order valence-electron chi connectivity index (χ0n) is 16.0. The fourth-order valence-electron chi connectivity index (χ4n) is 3.40. The van der Waals surface area contributed by atoms with Gasteiger partial charge in [0.2, 0.25) is 0 Å². The van der Waals surface area contributed by atoms with E-state index < -0.39 is 5.91 Å². The third-order valence-electron chi connectivity index (χ3n) is 4.91. The van der Waals surface area contributed by atoms with Crippen molar-refractivity contribution < 1.29 is 13.9 Å². The topological polar surface area (TPSA) is 124 Å². The van der Waals surface area contributed by atoms with Crippen LogP contribution in [0, 0.1) is 0 Å². The lowest BCUT2D eigenvalue weighted by atomic mass is 10.2. The number of nitrogens with zero attached hydrogens (tertiary/aromatic N) is 5. The number of nitrogens with one attached hydrogen (secondary N) is 1. The van der Waals surface area contributed by atoms with Gasteiger partial charge >= 0.3 is 0 Å². The van der Waals surface area contributed by atoms with E-state index in [-0.39, 0.29) is 5.76 Å². The molecular weight excluding hydrogens is 386 g/mol. The summed E-state index contributed by atoms with van der Waals surface area (Å²) in [5, 5.41) is 3.27. The number of nitrogens with two attached hydrogens (primary N) is 1. The first-order valence-electron chi connectivity index (χ1n) is 9.45. The minimum atomic E-state index is -0.623.